The summed E-state index contributed by atoms with van der Waals surface area (Å²) in [6, 6.07) is 17.9. The maximum absolute atomic E-state index is 13.2. The molecule has 0 spiro atoms. The highest BCUT2D eigenvalue weighted by Gasteiger charge is 2.10. The van der Waals surface area contributed by atoms with E-state index in [9.17, 15) is 19.1 Å². The molecule has 0 fully saturated rings. The molecule has 0 bridgehead atoms. The molecule has 0 radical (unpaired) electrons. The van der Waals surface area contributed by atoms with Crippen LogP contribution in [0.25, 0.3) is 17.2 Å². The van der Waals surface area contributed by atoms with Crippen LogP contribution in [0.5, 0.6) is 0 Å². The number of rotatable bonds is 8. The summed E-state index contributed by atoms with van der Waals surface area (Å²) in [5, 5.41) is 9.64. The van der Waals surface area contributed by atoms with E-state index in [0.717, 1.165) is 28.5 Å². The number of aliphatic hydroxyl groups excluding tert-OH is 1. The van der Waals surface area contributed by atoms with Crippen molar-refractivity contribution in [2.45, 2.75) is 13.5 Å². The zero-order valence-corrected chi connectivity index (χ0v) is 17.0. The van der Waals surface area contributed by atoms with Crippen LogP contribution in [0.2, 0.25) is 0 Å². The number of halogens is 1. The molecule has 3 rings (SSSR count). The largest absolute Gasteiger partial charge is 0.502 e. The third-order valence-corrected chi connectivity index (χ3v) is 4.49. The monoisotopic (exact) mass is 419 g/mol. The Morgan fingerprint density at radius 1 is 1.06 bits per heavy atom. The third-order valence-electron chi connectivity index (χ3n) is 4.49. The number of aliphatic hydroxyl groups is 1. The lowest BCUT2D eigenvalue weighted by atomic mass is 10.1. The van der Waals surface area contributed by atoms with Gasteiger partial charge in [-0.3, -0.25) is 4.79 Å². The minimum atomic E-state index is -0.949. The highest BCUT2D eigenvalue weighted by molar-refractivity contribution is 6.05. The molecule has 31 heavy (non-hydrogen) atoms. The normalized spacial score (nSPS) is 11.6. The summed E-state index contributed by atoms with van der Waals surface area (Å²) < 4.78 is 19.8. The van der Waals surface area contributed by atoms with E-state index in [1.54, 1.807) is 25.1 Å². The number of nitrogens with zero attached hydrogens (tertiary/aromatic N) is 1. The fourth-order valence-electron chi connectivity index (χ4n) is 2.99. The molecule has 3 aromatic rings. The Balaban J connectivity index is 1.88. The highest BCUT2D eigenvalue weighted by Crippen LogP contribution is 2.24. The smallest absolute Gasteiger partial charge is 0.373 e. The average Bonchev–Trinajstić information content (AvgIpc) is 3.17. The number of benzene rings is 2. The van der Waals surface area contributed by atoms with Gasteiger partial charge in [-0.25, -0.2) is 9.18 Å². The van der Waals surface area contributed by atoms with Crippen LogP contribution in [0.3, 0.4) is 0 Å². The summed E-state index contributed by atoms with van der Waals surface area (Å²) in [6.07, 6.45) is 5.64. The van der Waals surface area contributed by atoms with E-state index in [1.165, 1.54) is 18.2 Å². The molecule has 0 aliphatic rings. The van der Waals surface area contributed by atoms with Gasteiger partial charge in [0, 0.05) is 24.5 Å². The second-order valence-electron chi connectivity index (χ2n) is 6.76. The molecule has 1 N–H and O–H groups in total. The Hall–Kier alpha value is -3.93. The molecule has 0 saturated carbocycles. The SMILES string of the molecule is CCOC(=O)/C(O)=C/C(=O)/C=C/c1cc(-c2ccccc2)cn1Cc1ccc(F)cc1. The van der Waals surface area contributed by atoms with Crippen LogP contribution >= 0.6 is 0 Å². The average molecular weight is 419 g/mol. The topological polar surface area (TPSA) is 68.5 Å². The number of aromatic nitrogens is 1. The summed E-state index contributed by atoms with van der Waals surface area (Å²) in [5.41, 5.74) is 3.61. The van der Waals surface area contributed by atoms with Crippen molar-refractivity contribution >= 4 is 17.8 Å². The van der Waals surface area contributed by atoms with Crippen LogP contribution in [-0.4, -0.2) is 28.0 Å². The van der Waals surface area contributed by atoms with E-state index >= 15 is 0 Å². The Bertz CT molecular complexity index is 1110. The molecular formula is C25H22FNO4. The number of allylic oxidation sites excluding steroid dienone is 2. The van der Waals surface area contributed by atoms with Crippen molar-refractivity contribution in [2.75, 3.05) is 6.61 Å². The molecule has 0 atom stereocenters. The van der Waals surface area contributed by atoms with E-state index in [2.05, 4.69) is 4.74 Å². The van der Waals surface area contributed by atoms with E-state index in [-0.39, 0.29) is 12.4 Å². The Morgan fingerprint density at radius 3 is 2.45 bits per heavy atom. The first-order chi connectivity index (χ1) is 15.0. The quantitative estimate of drug-likeness (QED) is 0.319. The number of carbonyl (C=O) groups is 2. The predicted molar refractivity (Wildman–Crippen MR) is 117 cm³/mol. The van der Waals surface area contributed by atoms with Gasteiger partial charge in [-0.2, -0.15) is 0 Å². The molecule has 2 aromatic carbocycles. The molecule has 0 saturated heterocycles. The first-order valence-corrected chi connectivity index (χ1v) is 9.76. The lowest BCUT2D eigenvalue weighted by Crippen LogP contribution is -2.08. The molecular weight excluding hydrogens is 397 g/mol. The summed E-state index contributed by atoms with van der Waals surface area (Å²) in [5.74, 6) is -2.56. The van der Waals surface area contributed by atoms with Crippen LogP contribution in [0.15, 0.2) is 84.8 Å². The Kier molecular flexibility index (Phi) is 7.17. The van der Waals surface area contributed by atoms with Crippen molar-refractivity contribution in [1.82, 2.24) is 4.57 Å². The summed E-state index contributed by atoms with van der Waals surface area (Å²) in [7, 11) is 0. The third kappa shape index (κ3) is 6.02. The molecule has 1 heterocycles. The van der Waals surface area contributed by atoms with Gasteiger partial charge in [0.15, 0.2) is 5.78 Å². The number of hydrogen-bond acceptors (Lipinski definition) is 4. The molecule has 1 aromatic heterocycles. The van der Waals surface area contributed by atoms with Gasteiger partial charge in [-0.1, -0.05) is 42.5 Å². The lowest BCUT2D eigenvalue weighted by molar-refractivity contribution is -0.141. The van der Waals surface area contributed by atoms with Gasteiger partial charge < -0.3 is 14.4 Å². The predicted octanol–water partition coefficient (Wildman–Crippen LogP) is 4.93. The second-order valence-corrected chi connectivity index (χ2v) is 6.76. The van der Waals surface area contributed by atoms with Crippen LogP contribution in [-0.2, 0) is 20.9 Å². The van der Waals surface area contributed by atoms with Crippen molar-refractivity contribution < 1.29 is 23.8 Å². The molecule has 158 valence electrons. The Morgan fingerprint density at radius 2 is 1.77 bits per heavy atom. The van der Waals surface area contributed by atoms with Crippen molar-refractivity contribution in [3.05, 3.63) is 102 Å². The maximum atomic E-state index is 13.2. The van der Waals surface area contributed by atoms with E-state index in [4.69, 9.17) is 0 Å². The summed E-state index contributed by atoms with van der Waals surface area (Å²) >= 11 is 0. The molecule has 0 aliphatic heterocycles. The van der Waals surface area contributed by atoms with Gasteiger partial charge in [0.25, 0.3) is 0 Å². The first kappa shape index (κ1) is 21.8. The molecule has 6 heteroatoms. The van der Waals surface area contributed by atoms with Gasteiger partial charge in [0.05, 0.1) is 6.61 Å². The van der Waals surface area contributed by atoms with Crippen molar-refractivity contribution in [3.8, 4) is 11.1 Å². The fraction of sp³-hybridized carbons (Fsp3) is 0.120. The standard InChI is InChI=1S/C25H22FNO4/c1-2-31-25(30)24(29)15-23(28)13-12-22-14-20(19-6-4-3-5-7-19)17-27(22)16-18-8-10-21(26)11-9-18/h3-15,17,29H,2,16H2,1H3/b13-12+,24-15-. The highest BCUT2D eigenvalue weighted by atomic mass is 19.1. The zero-order chi connectivity index (χ0) is 22.2. The minimum absolute atomic E-state index is 0.0971. The summed E-state index contributed by atoms with van der Waals surface area (Å²) in [6.45, 7) is 2.18. The molecule has 0 unspecified atom stereocenters. The van der Waals surface area contributed by atoms with E-state index in [1.807, 2.05) is 47.2 Å². The first-order valence-electron chi connectivity index (χ1n) is 9.76. The van der Waals surface area contributed by atoms with E-state index in [0.29, 0.717) is 6.54 Å². The summed E-state index contributed by atoms with van der Waals surface area (Å²) in [4.78, 5) is 23.6. The number of ether oxygens (including phenoxy) is 1. The number of esters is 1. The number of hydrogen-bond donors (Lipinski definition) is 1. The Labute approximate surface area is 179 Å². The van der Waals surface area contributed by atoms with Gasteiger partial charge in [-0.15, -0.1) is 0 Å². The lowest BCUT2D eigenvalue weighted by Gasteiger charge is -2.06. The minimum Gasteiger partial charge on any atom is -0.502 e. The van der Waals surface area contributed by atoms with Crippen molar-refractivity contribution in [3.63, 3.8) is 0 Å². The van der Waals surface area contributed by atoms with Crippen LogP contribution in [0, 0.1) is 5.82 Å². The van der Waals surface area contributed by atoms with Crippen LogP contribution in [0.4, 0.5) is 4.39 Å². The number of ketones is 1. The van der Waals surface area contributed by atoms with E-state index < -0.39 is 17.5 Å². The fourth-order valence-corrected chi connectivity index (χ4v) is 2.99. The van der Waals surface area contributed by atoms with Crippen LogP contribution < -0.4 is 0 Å². The van der Waals surface area contributed by atoms with Gasteiger partial charge in [-0.05, 0) is 54.0 Å². The van der Waals surface area contributed by atoms with Crippen molar-refractivity contribution in [2.24, 2.45) is 0 Å². The van der Waals surface area contributed by atoms with Gasteiger partial charge in [0.1, 0.15) is 5.82 Å². The molecule has 0 aliphatic carbocycles. The number of carbonyl (C=O) groups excluding carboxylic acids is 2. The van der Waals surface area contributed by atoms with Gasteiger partial charge in [0.2, 0.25) is 5.76 Å². The van der Waals surface area contributed by atoms with Crippen molar-refractivity contribution in [1.29, 1.82) is 0 Å². The van der Waals surface area contributed by atoms with Gasteiger partial charge >= 0.3 is 5.97 Å². The molecule has 5 nitrogen and oxygen atoms in total. The molecule has 0 amide bonds. The second kappa shape index (κ2) is 10.2. The maximum Gasteiger partial charge on any atom is 0.373 e. The zero-order valence-electron chi connectivity index (χ0n) is 17.0. The van der Waals surface area contributed by atoms with Crippen LogP contribution in [0.1, 0.15) is 18.2 Å².